The van der Waals surface area contributed by atoms with Gasteiger partial charge in [-0.25, -0.2) is 0 Å². The van der Waals surface area contributed by atoms with Crippen molar-refractivity contribution in [2.24, 2.45) is 12.5 Å². The Hall–Kier alpha value is -2.37. The number of carbonyl (C=O) groups excluding carboxylic acids is 1. The molecule has 0 saturated heterocycles. The Morgan fingerprint density at radius 1 is 1.38 bits per heavy atom. The van der Waals surface area contributed by atoms with Crippen LogP contribution in [0.1, 0.15) is 18.5 Å². The van der Waals surface area contributed by atoms with E-state index in [4.69, 9.17) is 5.11 Å². The Morgan fingerprint density at radius 2 is 2.10 bits per heavy atom. The minimum Gasteiger partial charge on any atom is -0.481 e. The molecule has 1 fully saturated rings. The minimum atomic E-state index is -0.828. The number of hydrogen-bond donors (Lipinski definition) is 2. The number of nitrogens with zero attached hydrogens (tertiary/aromatic N) is 2. The van der Waals surface area contributed by atoms with Gasteiger partial charge >= 0.3 is 5.97 Å². The third-order valence-corrected chi connectivity index (χ3v) is 4.09. The maximum absolute atomic E-state index is 12.0. The van der Waals surface area contributed by atoms with Crippen molar-refractivity contribution in [1.29, 1.82) is 0 Å². The second-order valence-corrected chi connectivity index (χ2v) is 5.63. The lowest BCUT2D eigenvalue weighted by atomic mass is 10.1. The number of benzene rings is 1. The number of carbonyl (C=O) groups is 2. The number of para-hydroxylation sites is 1. The normalized spacial score (nSPS) is 15.9. The topological polar surface area (TPSA) is 84.2 Å². The molecule has 0 unspecified atom stereocenters. The average Bonchev–Trinajstić information content (AvgIpc) is 3.20. The van der Waals surface area contributed by atoms with Crippen molar-refractivity contribution in [2.45, 2.75) is 19.3 Å². The zero-order chi connectivity index (χ0) is 15.0. The fourth-order valence-electron chi connectivity index (χ4n) is 2.52. The summed E-state index contributed by atoms with van der Waals surface area (Å²) in [4.78, 5) is 23.1. The monoisotopic (exact) mass is 287 g/mol. The number of carboxylic acid groups (broad SMARTS) is 1. The number of amides is 1. The molecule has 0 spiro atoms. The van der Waals surface area contributed by atoms with E-state index in [2.05, 4.69) is 10.4 Å². The van der Waals surface area contributed by atoms with Gasteiger partial charge in [0, 0.05) is 19.0 Å². The number of aromatic nitrogens is 2. The summed E-state index contributed by atoms with van der Waals surface area (Å²) in [6.45, 7) is 0.200. The number of hydrogen-bond acceptors (Lipinski definition) is 3. The van der Waals surface area contributed by atoms with Gasteiger partial charge in [0.05, 0.1) is 23.0 Å². The summed E-state index contributed by atoms with van der Waals surface area (Å²) in [5.74, 6) is -1.02. The number of rotatable bonds is 5. The maximum atomic E-state index is 12.0. The van der Waals surface area contributed by atoms with Gasteiger partial charge in [-0.15, -0.1) is 0 Å². The SMILES string of the molecule is Cn1nc(CC(=O)NCC2(C(=O)O)CC2)c2ccccc21. The lowest BCUT2D eigenvalue weighted by Gasteiger charge is -2.10. The molecule has 1 aromatic carbocycles. The molecule has 1 aliphatic carbocycles. The molecule has 1 amide bonds. The third kappa shape index (κ3) is 2.49. The van der Waals surface area contributed by atoms with Gasteiger partial charge in [-0.1, -0.05) is 18.2 Å². The number of aliphatic carboxylic acids is 1. The Labute approximate surface area is 121 Å². The van der Waals surface area contributed by atoms with E-state index in [-0.39, 0.29) is 18.9 Å². The summed E-state index contributed by atoms with van der Waals surface area (Å²) in [5, 5.41) is 17.1. The summed E-state index contributed by atoms with van der Waals surface area (Å²) < 4.78 is 1.75. The fraction of sp³-hybridized carbons (Fsp3) is 0.400. The third-order valence-electron chi connectivity index (χ3n) is 4.09. The first-order chi connectivity index (χ1) is 10.0. The van der Waals surface area contributed by atoms with Gasteiger partial charge < -0.3 is 10.4 Å². The number of aryl methyl sites for hydroxylation is 1. The molecule has 0 bridgehead atoms. The van der Waals surface area contributed by atoms with Crippen molar-refractivity contribution in [3.63, 3.8) is 0 Å². The van der Waals surface area contributed by atoms with Crippen molar-refractivity contribution in [3.05, 3.63) is 30.0 Å². The Bertz CT molecular complexity index is 716. The molecule has 6 nitrogen and oxygen atoms in total. The smallest absolute Gasteiger partial charge is 0.311 e. The molecule has 1 aromatic heterocycles. The van der Waals surface area contributed by atoms with Crippen molar-refractivity contribution in [3.8, 4) is 0 Å². The lowest BCUT2D eigenvalue weighted by Crippen LogP contribution is -2.35. The molecule has 1 saturated carbocycles. The standard InChI is InChI=1S/C15H17N3O3/c1-18-12-5-3-2-4-10(12)11(17-18)8-13(19)16-9-15(6-7-15)14(20)21/h2-5H,6-9H2,1H3,(H,16,19)(H,20,21). The van der Waals surface area contributed by atoms with Crippen LogP contribution in [0, 0.1) is 5.41 Å². The molecular formula is C15H17N3O3. The molecule has 0 aliphatic heterocycles. The first kappa shape index (κ1) is 13.6. The summed E-state index contributed by atoms with van der Waals surface area (Å²) >= 11 is 0. The van der Waals surface area contributed by atoms with Gasteiger partial charge in [-0.2, -0.15) is 5.10 Å². The highest BCUT2D eigenvalue weighted by atomic mass is 16.4. The predicted molar refractivity (Wildman–Crippen MR) is 76.7 cm³/mol. The summed E-state index contributed by atoms with van der Waals surface area (Å²) in [7, 11) is 1.84. The average molecular weight is 287 g/mol. The van der Waals surface area contributed by atoms with Crippen LogP contribution >= 0.6 is 0 Å². The molecule has 2 N–H and O–H groups in total. The molecule has 1 heterocycles. The van der Waals surface area contributed by atoms with Crippen molar-refractivity contribution in [1.82, 2.24) is 15.1 Å². The summed E-state index contributed by atoms with van der Waals surface area (Å²) in [5.41, 5.74) is 0.956. The predicted octanol–water partition coefficient (Wildman–Crippen LogP) is 1.10. The molecule has 0 atom stereocenters. The number of fused-ring (bicyclic) bond motifs is 1. The molecular weight excluding hydrogens is 270 g/mol. The van der Waals surface area contributed by atoms with E-state index in [1.807, 2.05) is 31.3 Å². The number of carboxylic acids is 1. The van der Waals surface area contributed by atoms with Crippen LogP contribution in [-0.4, -0.2) is 33.3 Å². The highest BCUT2D eigenvalue weighted by Crippen LogP contribution is 2.45. The van der Waals surface area contributed by atoms with Crippen LogP contribution in [0.3, 0.4) is 0 Å². The van der Waals surface area contributed by atoms with Crippen LogP contribution in [0.15, 0.2) is 24.3 Å². The zero-order valence-corrected chi connectivity index (χ0v) is 11.8. The Kier molecular flexibility index (Phi) is 3.16. The van der Waals surface area contributed by atoms with E-state index in [0.717, 1.165) is 10.9 Å². The molecule has 110 valence electrons. The van der Waals surface area contributed by atoms with Crippen molar-refractivity contribution >= 4 is 22.8 Å². The van der Waals surface area contributed by atoms with Gasteiger partial charge in [-0.05, 0) is 18.9 Å². The van der Waals surface area contributed by atoms with E-state index in [0.29, 0.717) is 18.5 Å². The van der Waals surface area contributed by atoms with E-state index < -0.39 is 11.4 Å². The van der Waals surface area contributed by atoms with Gasteiger partial charge in [0.25, 0.3) is 0 Å². The van der Waals surface area contributed by atoms with Crippen LogP contribution in [-0.2, 0) is 23.1 Å². The second kappa shape index (κ2) is 4.87. The van der Waals surface area contributed by atoms with Crippen LogP contribution in [0.5, 0.6) is 0 Å². The van der Waals surface area contributed by atoms with Gasteiger partial charge in [0.2, 0.25) is 5.91 Å². The molecule has 0 radical (unpaired) electrons. The zero-order valence-electron chi connectivity index (χ0n) is 11.8. The first-order valence-corrected chi connectivity index (χ1v) is 6.92. The largest absolute Gasteiger partial charge is 0.481 e. The van der Waals surface area contributed by atoms with E-state index >= 15 is 0 Å². The summed E-state index contributed by atoms with van der Waals surface area (Å²) in [6, 6.07) is 7.73. The lowest BCUT2D eigenvalue weighted by molar-refractivity contribution is -0.143. The van der Waals surface area contributed by atoms with E-state index in [1.165, 1.54) is 0 Å². The van der Waals surface area contributed by atoms with E-state index in [9.17, 15) is 9.59 Å². The van der Waals surface area contributed by atoms with Gasteiger partial charge in [-0.3, -0.25) is 14.3 Å². The van der Waals surface area contributed by atoms with Crippen LogP contribution in [0.25, 0.3) is 10.9 Å². The number of nitrogens with one attached hydrogen (secondary N) is 1. The minimum absolute atomic E-state index is 0.164. The van der Waals surface area contributed by atoms with Crippen LogP contribution in [0.2, 0.25) is 0 Å². The molecule has 1 aliphatic rings. The Balaban J connectivity index is 1.68. The fourth-order valence-corrected chi connectivity index (χ4v) is 2.52. The van der Waals surface area contributed by atoms with Gasteiger partial charge in [0.15, 0.2) is 0 Å². The quantitative estimate of drug-likeness (QED) is 0.862. The molecule has 6 heteroatoms. The Morgan fingerprint density at radius 3 is 2.76 bits per heavy atom. The second-order valence-electron chi connectivity index (χ2n) is 5.63. The molecule has 3 rings (SSSR count). The molecule has 2 aromatic rings. The van der Waals surface area contributed by atoms with Crippen LogP contribution in [0.4, 0.5) is 0 Å². The van der Waals surface area contributed by atoms with Crippen LogP contribution < -0.4 is 5.32 Å². The molecule has 21 heavy (non-hydrogen) atoms. The highest BCUT2D eigenvalue weighted by molar-refractivity contribution is 5.88. The summed E-state index contributed by atoms with van der Waals surface area (Å²) in [6.07, 6.45) is 1.43. The highest BCUT2D eigenvalue weighted by Gasteiger charge is 2.50. The van der Waals surface area contributed by atoms with Crippen molar-refractivity contribution < 1.29 is 14.7 Å². The first-order valence-electron chi connectivity index (χ1n) is 6.92. The van der Waals surface area contributed by atoms with Gasteiger partial charge in [0.1, 0.15) is 0 Å². The van der Waals surface area contributed by atoms with E-state index in [1.54, 1.807) is 4.68 Å². The van der Waals surface area contributed by atoms with Crippen molar-refractivity contribution in [2.75, 3.05) is 6.54 Å². The maximum Gasteiger partial charge on any atom is 0.311 e.